The molecule has 0 heterocycles. The van der Waals surface area contributed by atoms with Crippen LogP contribution in [0.1, 0.15) is 11.1 Å². The van der Waals surface area contributed by atoms with Gasteiger partial charge in [-0.15, -0.1) is 11.8 Å². The van der Waals surface area contributed by atoms with Crippen LogP contribution in [0, 0.1) is 6.92 Å². The third kappa shape index (κ3) is 3.17. The molecule has 0 atom stereocenters. The molecule has 0 bridgehead atoms. The number of nitrogens with two attached hydrogens (primary N) is 1. The van der Waals surface area contributed by atoms with Crippen LogP contribution in [0.5, 0.6) is 5.75 Å². The molecule has 2 aromatic rings. The molecule has 0 aromatic heterocycles. The number of phenolic OH excluding ortho intramolecular Hbond substituents is 1. The number of hydrogen-bond acceptors (Lipinski definition) is 3. The topological polar surface area (TPSA) is 46.2 Å². The predicted octanol–water partition coefficient (Wildman–Crippen LogP) is 3.58. The van der Waals surface area contributed by atoms with Crippen LogP contribution in [0.15, 0.2) is 47.4 Å². The molecular weight excluding hydrogens is 230 g/mol. The Bertz CT molecular complexity index is 525. The number of benzene rings is 2. The first-order valence-corrected chi connectivity index (χ1v) is 6.40. The van der Waals surface area contributed by atoms with Gasteiger partial charge in [0.25, 0.3) is 0 Å². The molecule has 0 aliphatic heterocycles. The quantitative estimate of drug-likeness (QED) is 0.642. The van der Waals surface area contributed by atoms with Crippen LogP contribution in [0.4, 0.5) is 5.69 Å². The van der Waals surface area contributed by atoms with Crippen LogP contribution in [-0.2, 0) is 5.75 Å². The third-order valence-electron chi connectivity index (χ3n) is 2.50. The van der Waals surface area contributed by atoms with Gasteiger partial charge in [0.2, 0.25) is 0 Å². The number of aromatic hydroxyl groups is 1. The van der Waals surface area contributed by atoms with E-state index in [-0.39, 0.29) is 0 Å². The fourth-order valence-electron chi connectivity index (χ4n) is 1.64. The Labute approximate surface area is 105 Å². The average Bonchev–Trinajstić information content (AvgIpc) is 2.28. The zero-order chi connectivity index (χ0) is 12.3. The molecule has 17 heavy (non-hydrogen) atoms. The SMILES string of the molecule is Cc1cc(N)ccc1SCc1cccc(O)c1. The molecule has 0 radical (unpaired) electrons. The van der Waals surface area contributed by atoms with Gasteiger partial charge in [0, 0.05) is 16.3 Å². The van der Waals surface area contributed by atoms with E-state index in [1.54, 1.807) is 23.9 Å². The Kier molecular flexibility index (Phi) is 3.59. The highest BCUT2D eigenvalue weighted by molar-refractivity contribution is 7.98. The minimum atomic E-state index is 0.317. The minimum absolute atomic E-state index is 0.317. The van der Waals surface area contributed by atoms with Crippen molar-refractivity contribution < 1.29 is 5.11 Å². The van der Waals surface area contributed by atoms with E-state index in [2.05, 4.69) is 6.92 Å². The van der Waals surface area contributed by atoms with Gasteiger partial charge in [-0.2, -0.15) is 0 Å². The summed E-state index contributed by atoms with van der Waals surface area (Å²) in [6.45, 7) is 2.06. The van der Waals surface area contributed by atoms with Gasteiger partial charge in [-0.3, -0.25) is 0 Å². The normalized spacial score (nSPS) is 10.4. The highest BCUT2D eigenvalue weighted by Gasteiger charge is 2.01. The summed E-state index contributed by atoms with van der Waals surface area (Å²) < 4.78 is 0. The lowest BCUT2D eigenvalue weighted by Crippen LogP contribution is -1.88. The lowest BCUT2D eigenvalue weighted by atomic mass is 10.2. The van der Waals surface area contributed by atoms with Crippen molar-refractivity contribution in [3.8, 4) is 5.75 Å². The van der Waals surface area contributed by atoms with E-state index in [0.717, 1.165) is 17.0 Å². The van der Waals surface area contributed by atoms with Gasteiger partial charge in [0.15, 0.2) is 0 Å². The molecule has 2 rings (SSSR count). The zero-order valence-corrected chi connectivity index (χ0v) is 10.5. The maximum atomic E-state index is 9.38. The van der Waals surface area contributed by atoms with E-state index < -0.39 is 0 Å². The van der Waals surface area contributed by atoms with Crippen molar-refractivity contribution in [2.24, 2.45) is 0 Å². The largest absolute Gasteiger partial charge is 0.508 e. The molecule has 3 N–H and O–H groups in total. The maximum Gasteiger partial charge on any atom is 0.115 e. The molecule has 0 amide bonds. The number of hydrogen-bond donors (Lipinski definition) is 2. The average molecular weight is 245 g/mol. The zero-order valence-electron chi connectivity index (χ0n) is 9.68. The number of aryl methyl sites for hydroxylation is 1. The molecule has 3 heteroatoms. The molecule has 2 nitrogen and oxygen atoms in total. The second-order valence-corrected chi connectivity index (χ2v) is 5.00. The van der Waals surface area contributed by atoms with Gasteiger partial charge >= 0.3 is 0 Å². The molecule has 0 saturated heterocycles. The number of anilines is 1. The second kappa shape index (κ2) is 5.15. The number of phenols is 1. The summed E-state index contributed by atoms with van der Waals surface area (Å²) in [7, 11) is 0. The summed E-state index contributed by atoms with van der Waals surface area (Å²) in [6, 6.07) is 13.3. The van der Waals surface area contributed by atoms with E-state index >= 15 is 0 Å². The van der Waals surface area contributed by atoms with E-state index in [1.807, 2.05) is 30.3 Å². The summed E-state index contributed by atoms with van der Waals surface area (Å²) in [6.07, 6.45) is 0. The first-order valence-electron chi connectivity index (χ1n) is 5.42. The van der Waals surface area contributed by atoms with E-state index in [0.29, 0.717) is 5.75 Å². The van der Waals surface area contributed by atoms with Gasteiger partial charge < -0.3 is 10.8 Å². The van der Waals surface area contributed by atoms with Gasteiger partial charge in [-0.05, 0) is 48.4 Å². The second-order valence-electron chi connectivity index (χ2n) is 3.98. The fraction of sp³-hybridized carbons (Fsp3) is 0.143. The van der Waals surface area contributed by atoms with Gasteiger partial charge in [0.1, 0.15) is 5.75 Å². The predicted molar refractivity (Wildman–Crippen MR) is 73.3 cm³/mol. The Hall–Kier alpha value is -1.61. The van der Waals surface area contributed by atoms with Crippen LogP contribution in [0.2, 0.25) is 0 Å². The lowest BCUT2D eigenvalue weighted by molar-refractivity contribution is 0.475. The van der Waals surface area contributed by atoms with Crippen LogP contribution in [-0.4, -0.2) is 5.11 Å². The molecular formula is C14H15NOS. The third-order valence-corrected chi connectivity index (χ3v) is 3.75. The summed E-state index contributed by atoms with van der Waals surface area (Å²) >= 11 is 1.75. The highest BCUT2D eigenvalue weighted by Crippen LogP contribution is 2.28. The van der Waals surface area contributed by atoms with E-state index in [4.69, 9.17) is 5.73 Å². The standard InChI is InChI=1S/C14H15NOS/c1-10-7-12(15)5-6-14(10)17-9-11-3-2-4-13(16)8-11/h2-8,16H,9,15H2,1H3. The molecule has 0 aliphatic rings. The van der Waals surface area contributed by atoms with Crippen molar-refractivity contribution in [2.75, 3.05) is 5.73 Å². The van der Waals surface area contributed by atoms with Crippen molar-refractivity contribution in [1.82, 2.24) is 0 Å². The minimum Gasteiger partial charge on any atom is -0.508 e. The van der Waals surface area contributed by atoms with Gasteiger partial charge in [0.05, 0.1) is 0 Å². The van der Waals surface area contributed by atoms with Crippen LogP contribution >= 0.6 is 11.8 Å². The Morgan fingerprint density at radius 2 is 2.00 bits per heavy atom. The van der Waals surface area contributed by atoms with Crippen LogP contribution < -0.4 is 5.73 Å². The first kappa shape index (κ1) is 11.9. The van der Waals surface area contributed by atoms with E-state index in [1.165, 1.54) is 10.5 Å². The van der Waals surface area contributed by atoms with Crippen molar-refractivity contribution in [1.29, 1.82) is 0 Å². The van der Waals surface area contributed by atoms with E-state index in [9.17, 15) is 5.11 Å². The molecule has 0 saturated carbocycles. The smallest absolute Gasteiger partial charge is 0.115 e. The Balaban J connectivity index is 2.07. The molecule has 88 valence electrons. The lowest BCUT2D eigenvalue weighted by Gasteiger charge is -2.06. The van der Waals surface area contributed by atoms with Gasteiger partial charge in [-0.25, -0.2) is 0 Å². The van der Waals surface area contributed by atoms with Crippen molar-refractivity contribution in [3.63, 3.8) is 0 Å². The molecule has 0 aliphatic carbocycles. The summed E-state index contributed by atoms with van der Waals surface area (Å²) in [5.74, 6) is 1.16. The van der Waals surface area contributed by atoms with Gasteiger partial charge in [-0.1, -0.05) is 12.1 Å². The van der Waals surface area contributed by atoms with Crippen molar-refractivity contribution >= 4 is 17.4 Å². The van der Waals surface area contributed by atoms with Crippen LogP contribution in [0.3, 0.4) is 0 Å². The first-order chi connectivity index (χ1) is 8.15. The molecule has 0 spiro atoms. The Morgan fingerprint density at radius 3 is 2.71 bits per heavy atom. The fourth-order valence-corrected chi connectivity index (χ4v) is 2.59. The summed E-state index contributed by atoms with van der Waals surface area (Å²) in [5.41, 5.74) is 8.81. The number of rotatable bonds is 3. The number of thioether (sulfide) groups is 1. The van der Waals surface area contributed by atoms with Crippen molar-refractivity contribution in [3.05, 3.63) is 53.6 Å². The Morgan fingerprint density at radius 1 is 1.18 bits per heavy atom. The van der Waals surface area contributed by atoms with Crippen molar-refractivity contribution in [2.45, 2.75) is 17.6 Å². The highest BCUT2D eigenvalue weighted by atomic mass is 32.2. The summed E-state index contributed by atoms with van der Waals surface area (Å²) in [5, 5.41) is 9.38. The molecule has 0 unspecified atom stereocenters. The maximum absolute atomic E-state index is 9.38. The molecule has 0 fully saturated rings. The number of nitrogen functional groups attached to an aromatic ring is 1. The summed E-state index contributed by atoms with van der Waals surface area (Å²) in [4.78, 5) is 1.22. The molecule has 2 aromatic carbocycles. The monoisotopic (exact) mass is 245 g/mol. The van der Waals surface area contributed by atoms with Crippen LogP contribution in [0.25, 0.3) is 0 Å².